The Labute approximate surface area is 153 Å². The molecule has 3 rings (SSSR count). The summed E-state index contributed by atoms with van der Waals surface area (Å²) in [6.07, 6.45) is 2.05. The molecule has 2 heterocycles. The highest BCUT2D eigenvalue weighted by molar-refractivity contribution is 6.39. The van der Waals surface area contributed by atoms with Crippen molar-refractivity contribution in [1.82, 2.24) is 15.6 Å². The molecule has 0 aliphatic carbocycles. The summed E-state index contributed by atoms with van der Waals surface area (Å²) < 4.78 is 0. The summed E-state index contributed by atoms with van der Waals surface area (Å²) in [5.41, 5.74) is 4.11. The molecule has 7 nitrogen and oxygen atoms in total. The molecule has 0 unspecified atom stereocenters. The van der Waals surface area contributed by atoms with Crippen molar-refractivity contribution in [3.05, 3.63) is 35.4 Å². The highest BCUT2D eigenvalue weighted by Gasteiger charge is 2.33. The van der Waals surface area contributed by atoms with Gasteiger partial charge in [0.2, 0.25) is 5.91 Å². The van der Waals surface area contributed by atoms with Crippen LogP contribution in [0, 0.1) is 6.92 Å². The Bertz CT molecular complexity index is 691. The second kappa shape index (κ2) is 7.97. The summed E-state index contributed by atoms with van der Waals surface area (Å²) in [4.78, 5) is 25.3. The molecule has 0 radical (unpaired) electrons. The van der Waals surface area contributed by atoms with Crippen LogP contribution in [0.3, 0.4) is 0 Å². The zero-order chi connectivity index (χ0) is 18.6. The Kier molecular flexibility index (Phi) is 5.68. The number of piperidine rings is 1. The number of carbonyl (C=O) groups excluding carboxylic acids is 2. The number of hydrogen-bond donors (Lipinski definition) is 3. The lowest BCUT2D eigenvalue weighted by molar-refractivity contribution is -0.121. The minimum absolute atomic E-state index is 0.157. The first kappa shape index (κ1) is 18.5. The molecule has 7 heteroatoms. The van der Waals surface area contributed by atoms with Crippen LogP contribution < -0.4 is 10.7 Å². The maximum atomic E-state index is 12.0. The molecule has 26 heavy (non-hydrogen) atoms. The number of hydrogen-bond acceptors (Lipinski definition) is 5. The molecule has 1 fully saturated rings. The number of aliphatic hydroxyl groups is 1. The number of nitrogens with one attached hydrogen (secondary N) is 2. The molecular weight excluding hydrogens is 332 g/mol. The minimum atomic E-state index is -0.761. The van der Waals surface area contributed by atoms with Gasteiger partial charge in [-0.1, -0.05) is 29.8 Å². The van der Waals surface area contributed by atoms with Crippen molar-refractivity contribution in [2.24, 2.45) is 5.10 Å². The van der Waals surface area contributed by atoms with E-state index in [9.17, 15) is 14.7 Å². The van der Waals surface area contributed by atoms with E-state index in [1.165, 1.54) is 5.56 Å². The van der Waals surface area contributed by atoms with E-state index in [0.29, 0.717) is 37.9 Å². The van der Waals surface area contributed by atoms with Crippen molar-refractivity contribution in [2.75, 3.05) is 26.2 Å². The molecule has 2 amide bonds. The third-order valence-electron chi connectivity index (χ3n) is 5.15. The number of rotatable bonds is 5. The van der Waals surface area contributed by atoms with Gasteiger partial charge in [0.1, 0.15) is 5.71 Å². The van der Waals surface area contributed by atoms with Gasteiger partial charge in [-0.2, -0.15) is 5.10 Å². The largest absolute Gasteiger partial charge is 0.385 e. The summed E-state index contributed by atoms with van der Waals surface area (Å²) >= 11 is 0. The predicted molar refractivity (Wildman–Crippen MR) is 98.6 cm³/mol. The molecule has 2 aliphatic rings. The van der Waals surface area contributed by atoms with Crippen LogP contribution in [0.1, 0.15) is 36.8 Å². The van der Waals surface area contributed by atoms with Gasteiger partial charge in [0.15, 0.2) is 0 Å². The van der Waals surface area contributed by atoms with E-state index in [0.717, 1.165) is 25.2 Å². The zero-order valence-electron chi connectivity index (χ0n) is 15.1. The number of likely N-dealkylation sites (tertiary alicyclic amines) is 1. The van der Waals surface area contributed by atoms with E-state index >= 15 is 0 Å². The summed E-state index contributed by atoms with van der Waals surface area (Å²) in [6, 6.07) is 8.08. The lowest BCUT2D eigenvalue weighted by Gasteiger charge is -2.38. The van der Waals surface area contributed by atoms with Crippen LogP contribution in [-0.2, 0) is 15.2 Å². The van der Waals surface area contributed by atoms with Crippen molar-refractivity contribution >= 4 is 17.5 Å². The molecule has 3 N–H and O–H groups in total. The Morgan fingerprint density at radius 1 is 1.27 bits per heavy atom. The minimum Gasteiger partial charge on any atom is -0.385 e. The van der Waals surface area contributed by atoms with Crippen LogP contribution in [0.25, 0.3) is 0 Å². The van der Waals surface area contributed by atoms with Gasteiger partial charge < -0.3 is 15.3 Å². The zero-order valence-corrected chi connectivity index (χ0v) is 15.1. The maximum absolute atomic E-state index is 12.0. The molecule has 1 aromatic carbocycles. The highest BCUT2D eigenvalue weighted by atomic mass is 16.3. The Morgan fingerprint density at radius 3 is 2.58 bits per heavy atom. The number of carbonyl (C=O) groups is 2. The smallest absolute Gasteiger partial charge is 0.267 e. The van der Waals surface area contributed by atoms with Crippen molar-refractivity contribution < 1.29 is 14.7 Å². The fraction of sp³-hybridized carbons (Fsp3) is 0.526. The molecule has 1 aromatic rings. The van der Waals surface area contributed by atoms with Crippen molar-refractivity contribution in [3.63, 3.8) is 0 Å². The lowest BCUT2D eigenvalue weighted by Crippen LogP contribution is -2.46. The van der Waals surface area contributed by atoms with Gasteiger partial charge in [0.25, 0.3) is 5.91 Å². The maximum Gasteiger partial charge on any atom is 0.267 e. The first-order valence-electron chi connectivity index (χ1n) is 9.12. The monoisotopic (exact) mass is 358 g/mol. The van der Waals surface area contributed by atoms with Gasteiger partial charge in [-0.3, -0.25) is 9.59 Å². The Morgan fingerprint density at radius 2 is 1.96 bits per heavy atom. The van der Waals surface area contributed by atoms with E-state index in [4.69, 9.17) is 0 Å². The Balaban J connectivity index is 1.42. The highest BCUT2D eigenvalue weighted by Crippen LogP contribution is 2.32. The van der Waals surface area contributed by atoms with Gasteiger partial charge in [-0.05, 0) is 25.3 Å². The second-order valence-corrected chi connectivity index (χ2v) is 7.09. The van der Waals surface area contributed by atoms with Crippen molar-refractivity contribution in [2.45, 2.75) is 38.2 Å². The van der Waals surface area contributed by atoms with E-state index in [1.807, 2.05) is 31.2 Å². The topological polar surface area (TPSA) is 94.0 Å². The standard InChI is InChI=1S/C19H26N4O3/c1-14-2-4-15(5-3-14)19(26)8-11-23(12-9-19)13-10-20-18(25)16-6-7-17(24)22-21-16/h2-5,26H,6-13H2,1H3,(H,20,25)(H,22,24). The molecule has 0 aromatic heterocycles. The van der Waals surface area contributed by atoms with Crippen molar-refractivity contribution in [3.8, 4) is 0 Å². The first-order chi connectivity index (χ1) is 12.5. The predicted octanol–water partition coefficient (Wildman–Crippen LogP) is 0.661. The van der Waals surface area contributed by atoms with Gasteiger partial charge in [0, 0.05) is 39.0 Å². The van der Waals surface area contributed by atoms with Gasteiger partial charge in [0.05, 0.1) is 5.60 Å². The summed E-state index contributed by atoms with van der Waals surface area (Å²) in [7, 11) is 0. The molecule has 1 saturated heterocycles. The van der Waals surface area contributed by atoms with Crippen LogP contribution in [0.15, 0.2) is 29.4 Å². The average molecular weight is 358 g/mol. The van der Waals surface area contributed by atoms with E-state index in [2.05, 4.69) is 20.7 Å². The van der Waals surface area contributed by atoms with E-state index in [-0.39, 0.29) is 11.8 Å². The van der Waals surface area contributed by atoms with E-state index < -0.39 is 5.60 Å². The van der Waals surface area contributed by atoms with Gasteiger partial charge in [-0.15, -0.1) is 0 Å². The number of hydrazone groups is 1. The SMILES string of the molecule is Cc1ccc(C2(O)CCN(CCNC(=O)C3=NNC(=O)CC3)CC2)cc1. The van der Waals surface area contributed by atoms with Crippen molar-refractivity contribution in [1.29, 1.82) is 0 Å². The lowest BCUT2D eigenvalue weighted by atomic mass is 9.84. The van der Waals surface area contributed by atoms with E-state index in [1.54, 1.807) is 0 Å². The third-order valence-corrected chi connectivity index (χ3v) is 5.15. The molecule has 2 aliphatic heterocycles. The average Bonchev–Trinajstić information content (AvgIpc) is 2.64. The normalized spacial score (nSPS) is 20.2. The molecule has 140 valence electrons. The summed E-state index contributed by atoms with van der Waals surface area (Å²) in [5.74, 6) is -0.380. The third kappa shape index (κ3) is 4.47. The number of nitrogens with zero attached hydrogens (tertiary/aromatic N) is 2. The first-order valence-corrected chi connectivity index (χ1v) is 9.12. The summed E-state index contributed by atoms with van der Waals surface area (Å²) in [5, 5.41) is 17.6. The van der Waals surface area contributed by atoms with Crippen LogP contribution in [-0.4, -0.2) is 53.7 Å². The number of amides is 2. The molecular formula is C19H26N4O3. The van der Waals surface area contributed by atoms with Crippen LogP contribution in [0.2, 0.25) is 0 Å². The summed E-state index contributed by atoms with van der Waals surface area (Å²) in [6.45, 7) is 4.87. The van der Waals surface area contributed by atoms with Gasteiger partial charge in [-0.25, -0.2) is 5.43 Å². The Hall–Kier alpha value is -2.25. The number of benzene rings is 1. The van der Waals surface area contributed by atoms with Crippen LogP contribution in [0.5, 0.6) is 0 Å². The fourth-order valence-electron chi connectivity index (χ4n) is 3.37. The fourth-order valence-corrected chi connectivity index (χ4v) is 3.37. The van der Waals surface area contributed by atoms with Crippen LogP contribution >= 0.6 is 0 Å². The second-order valence-electron chi connectivity index (χ2n) is 7.09. The molecule has 0 atom stereocenters. The molecule has 0 bridgehead atoms. The molecule has 0 saturated carbocycles. The van der Waals surface area contributed by atoms with Crippen LogP contribution in [0.4, 0.5) is 0 Å². The quantitative estimate of drug-likeness (QED) is 0.721. The van der Waals surface area contributed by atoms with Gasteiger partial charge >= 0.3 is 0 Å². The molecule has 0 spiro atoms. The number of aryl methyl sites for hydroxylation is 1.